The summed E-state index contributed by atoms with van der Waals surface area (Å²) >= 11 is 0. The molecule has 1 nitrogen and oxygen atoms in total. The van der Waals surface area contributed by atoms with Gasteiger partial charge in [-0.15, -0.1) is 0 Å². The van der Waals surface area contributed by atoms with E-state index in [0.717, 1.165) is 17.7 Å². The Kier molecular flexibility index (Phi) is 3.87. The van der Waals surface area contributed by atoms with Crippen LogP contribution in [0.3, 0.4) is 0 Å². The zero-order valence-electron chi connectivity index (χ0n) is 9.50. The summed E-state index contributed by atoms with van der Waals surface area (Å²) in [6, 6.07) is 10.9. The maximum atomic E-state index is 13.2. The van der Waals surface area contributed by atoms with E-state index in [1.807, 2.05) is 30.3 Å². The summed E-state index contributed by atoms with van der Waals surface area (Å²) in [5, 5.41) is 0. The van der Waals surface area contributed by atoms with Crippen LogP contribution in [0.15, 0.2) is 42.5 Å². The van der Waals surface area contributed by atoms with Crippen molar-refractivity contribution in [2.24, 2.45) is 0 Å². The lowest BCUT2D eigenvalue weighted by molar-refractivity contribution is 0.282. The number of rotatable bonds is 4. The van der Waals surface area contributed by atoms with Crippen LogP contribution in [0.5, 0.6) is 5.75 Å². The van der Waals surface area contributed by atoms with E-state index in [-0.39, 0.29) is 6.61 Å². The van der Waals surface area contributed by atoms with Gasteiger partial charge in [0.15, 0.2) is 17.4 Å². The number of hydrogen-bond acceptors (Lipinski definition) is 1. The fourth-order valence-corrected chi connectivity index (χ4v) is 1.56. The lowest BCUT2D eigenvalue weighted by Crippen LogP contribution is -2.05. The molecule has 0 bridgehead atoms. The van der Waals surface area contributed by atoms with Crippen molar-refractivity contribution in [1.29, 1.82) is 0 Å². The molecule has 0 aromatic heterocycles. The van der Waals surface area contributed by atoms with E-state index >= 15 is 0 Å². The van der Waals surface area contributed by atoms with Gasteiger partial charge in [0.1, 0.15) is 0 Å². The predicted octanol–water partition coefficient (Wildman–Crippen LogP) is 3.73. The molecule has 0 aliphatic heterocycles. The molecule has 0 N–H and O–H groups in total. The van der Waals surface area contributed by atoms with Crippen molar-refractivity contribution in [3.8, 4) is 5.75 Å². The van der Waals surface area contributed by atoms with Crippen molar-refractivity contribution in [3.63, 3.8) is 0 Å². The summed E-state index contributed by atoms with van der Waals surface area (Å²) in [6.45, 7) is 0.0846. The van der Waals surface area contributed by atoms with Gasteiger partial charge in [-0.3, -0.25) is 0 Å². The van der Waals surface area contributed by atoms with Crippen molar-refractivity contribution in [2.75, 3.05) is 6.61 Å². The molecule has 0 amide bonds. The van der Waals surface area contributed by atoms with Gasteiger partial charge in [0, 0.05) is 6.42 Å². The van der Waals surface area contributed by atoms with E-state index in [9.17, 15) is 13.2 Å². The molecule has 94 valence electrons. The van der Waals surface area contributed by atoms with Crippen LogP contribution in [-0.2, 0) is 6.42 Å². The van der Waals surface area contributed by atoms with Crippen molar-refractivity contribution in [1.82, 2.24) is 0 Å². The van der Waals surface area contributed by atoms with E-state index < -0.39 is 23.2 Å². The van der Waals surface area contributed by atoms with Crippen LogP contribution in [0.25, 0.3) is 0 Å². The maximum absolute atomic E-state index is 13.2. The van der Waals surface area contributed by atoms with Crippen LogP contribution in [0, 0.1) is 17.5 Å². The third kappa shape index (κ3) is 2.83. The second-order valence-corrected chi connectivity index (χ2v) is 3.76. The molecular weight excluding hydrogens is 241 g/mol. The Morgan fingerprint density at radius 1 is 0.833 bits per heavy atom. The molecule has 2 aromatic rings. The highest BCUT2D eigenvalue weighted by Gasteiger charge is 2.14. The molecule has 0 spiro atoms. The summed E-state index contributed by atoms with van der Waals surface area (Å²) in [4.78, 5) is 0. The standard InChI is InChI=1S/C14H11F3O/c15-11-6-7-12(16)14(13(11)17)18-9-8-10-4-2-1-3-5-10/h1-7H,8-9H2. The molecule has 2 rings (SSSR count). The Morgan fingerprint density at radius 2 is 1.50 bits per heavy atom. The minimum Gasteiger partial charge on any atom is -0.487 e. The summed E-state index contributed by atoms with van der Waals surface area (Å²) in [5.41, 5.74) is 0.981. The molecule has 2 aromatic carbocycles. The van der Waals surface area contributed by atoms with Crippen LogP contribution in [0.1, 0.15) is 5.56 Å². The third-order valence-electron chi connectivity index (χ3n) is 2.48. The van der Waals surface area contributed by atoms with Crippen LogP contribution >= 0.6 is 0 Å². The Balaban J connectivity index is 2.01. The maximum Gasteiger partial charge on any atom is 0.203 e. The first-order valence-electron chi connectivity index (χ1n) is 5.48. The normalized spacial score (nSPS) is 10.4. The van der Waals surface area contributed by atoms with Crippen LogP contribution in [0.2, 0.25) is 0 Å². The van der Waals surface area contributed by atoms with E-state index in [0.29, 0.717) is 6.42 Å². The van der Waals surface area contributed by atoms with Crippen molar-refractivity contribution < 1.29 is 17.9 Å². The molecule has 0 saturated heterocycles. The fourth-order valence-electron chi connectivity index (χ4n) is 1.56. The first-order chi connectivity index (χ1) is 8.68. The monoisotopic (exact) mass is 252 g/mol. The molecule has 0 fully saturated rings. The lowest BCUT2D eigenvalue weighted by Gasteiger charge is -2.08. The van der Waals surface area contributed by atoms with Gasteiger partial charge >= 0.3 is 0 Å². The molecule has 0 aliphatic carbocycles. The van der Waals surface area contributed by atoms with Crippen molar-refractivity contribution in [3.05, 3.63) is 65.5 Å². The van der Waals surface area contributed by atoms with Crippen LogP contribution < -0.4 is 4.74 Å². The zero-order chi connectivity index (χ0) is 13.0. The minimum absolute atomic E-state index is 0.0846. The fraction of sp³-hybridized carbons (Fsp3) is 0.143. The first-order valence-corrected chi connectivity index (χ1v) is 5.48. The molecule has 0 atom stereocenters. The van der Waals surface area contributed by atoms with Gasteiger partial charge < -0.3 is 4.74 Å². The molecule has 18 heavy (non-hydrogen) atoms. The van der Waals surface area contributed by atoms with Gasteiger partial charge in [0.25, 0.3) is 0 Å². The Labute approximate surface area is 103 Å². The highest BCUT2D eigenvalue weighted by molar-refractivity contribution is 5.27. The molecule has 0 unspecified atom stereocenters. The van der Waals surface area contributed by atoms with E-state index in [2.05, 4.69) is 0 Å². The molecule has 0 saturated carbocycles. The van der Waals surface area contributed by atoms with Gasteiger partial charge in [-0.05, 0) is 17.7 Å². The van der Waals surface area contributed by atoms with Gasteiger partial charge in [-0.2, -0.15) is 4.39 Å². The topological polar surface area (TPSA) is 9.23 Å². The number of benzene rings is 2. The summed E-state index contributed by atoms with van der Waals surface area (Å²) in [7, 11) is 0. The quantitative estimate of drug-likeness (QED) is 0.753. The van der Waals surface area contributed by atoms with Crippen molar-refractivity contribution >= 4 is 0 Å². The molecule has 0 heterocycles. The van der Waals surface area contributed by atoms with Gasteiger partial charge in [-0.25, -0.2) is 8.78 Å². The first kappa shape index (κ1) is 12.5. The number of halogens is 3. The molecule has 0 aliphatic rings. The average Bonchev–Trinajstić information content (AvgIpc) is 2.39. The Morgan fingerprint density at radius 3 is 2.22 bits per heavy atom. The van der Waals surface area contributed by atoms with E-state index in [1.54, 1.807) is 0 Å². The largest absolute Gasteiger partial charge is 0.487 e. The average molecular weight is 252 g/mol. The van der Waals surface area contributed by atoms with Gasteiger partial charge in [0.2, 0.25) is 5.82 Å². The highest BCUT2D eigenvalue weighted by atomic mass is 19.2. The summed E-state index contributed by atoms with van der Waals surface area (Å²) < 4.78 is 44.3. The second kappa shape index (κ2) is 5.58. The SMILES string of the molecule is Fc1ccc(F)c(OCCc2ccccc2)c1F. The highest BCUT2D eigenvalue weighted by Crippen LogP contribution is 2.23. The lowest BCUT2D eigenvalue weighted by atomic mass is 10.2. The van der Waals surface area contributed by atoms with Crippen LogP contribution in [-0.4, -0.2) is 6.61 Å². The van der Waals surface area contributed by atoms with Crippen molar-refractivity contribution in [2.45, 2.75) is 6.42 Å². The smallest absolute Gasteiger partial charge is 0.203 e. The Bertz CT molecular complexity index is 526. The second-order valence-electron chi connectivity index (χ2n) is 3.76. The van der Waals surface area contributed by atoms with Crippen LogP contribution in [0.4, 0.5) is 13.2 Å². The summed E-state index contributed by atoms with van der Waals surface area (Å²) in [6.07, 6.45) is 0.496. The molecule has 4 heteroatoms. The van der Waals surface area contributed by atoms with E-state index in [4.69, 9.17) is 4.74 Å². The molecule has 0 radical (unpaired) electrons. The number of ether oxygens (including phenoxy) is 1. The van der Waals surface area contributed by atoms with Gasteiger partial charge in [0.05, 0.1) is 6.61 Å². The number of hydrogen-bond donors (Lipinski definition) is 0. The zero-order valence-corrected chi connectivity index (χ0v) is 9.50. The molecular formula is C14H11F3O. The third-order valence-corrected chi connectivity index (χ3v) is 2.48. The van der Waals surface area contributed by atoms with E-state index in [1.165, 1.54) is 0 Å². The Hall–Kier alpha value is -1.97. The minimum atomic E-state index is -1.29. The summed E-state index contributed by atoms with van der Waals surface area (Å²) in [5.74, 6) is -3.97. The predicted molar refractivity (Wildman–Crippen MR) is 62.0 cm³/mol. The van der Waals surface area contributed by atoms with Gasteiger partial charge in [-0.1, -0.05) is 30.3 Å².